The third-order valence-electron chi connectivity index (χ3n) is 3.51. The van der Waals surface area contributed by atoms with E-state index >= 15 is 0 Å². The van der Waals surface area contributed by atoms with Crippen molar-refractivity contribution in [3.05, 3.63) is 35.4 Å². The normalized spacial score (nSPS) is 14.0. The van der Waals surface area contributed by atoms with Crippen LogP contribution >= 0.6 is 0 Å². The maximum Gasteiger partial charge on any atom is 0.234 e. The molecule has 5 nitrogen and oxygen atoms in total. The van der Waals surface area contributed by atoms with Crippen LogP contribution in [0.1, 0.15) is 24.0 Å². The van der Waals surface area contributed by atoms with Gasteiger partial charge in [0.05, 0.1) is 13.1 Å². The minimum Gasteiger partial charge on any atom is -0.352 e. The Bertz CT molecular complexity index is 512. The highest BCUT2D eigenvalue weighted by atomic mass is 16.2. The second-order valence-corrected chi connectivity index (χ2v) is 5.72. The zero-order valence-electron chi connectivity index (χ0n) is 12.7. The van der Waals surface area contributed by atoms with Crippen LogP contribution in [0.15, 0.2) is 24.3 Å². The minimum absolute atomic E-state index is 0.00768. The van der Waals surface area contributed by atoms with E-state index < -0.39 is 0 Å². The van der Waals surface area contributed by atoms with E-state index in [-0.39, 0.29) is 24.9 Å². The van der Waals surface area contributed by atoms with Gasteiger partial charge >= 0.3 is 0 Å². The van der Waals surface area contributed by atoms with Crippen molar-refractivity contribution in [3.63, 3.8) is 0 Å². The van der Waals surface area contributed by atoms with E-state index in [1.165, 1.54) is 0 Å². The number of carbonyl (C=O) groups excluding carboxylic acids is 2. The fourth-order valence-electron chi connectivity index (χ4n) is 2.11. The summed E-state index contributed by atoms with van der Waals surface area (Å²) in [6, 6.07) is 8.33. The van der Waals surface area contributed by atoms with Crippen LogP contribution in [-0.4, -0.2) is 42.9 Å². The van der Waals surface area contributed by atoms with Gasteiger partial charge in [-0.25, -0.2) is 0 Å². The van der Waals surface area contributed by atoms with Crippen molar-refractivity contribution >= 4 is 11.8 Å². The minimum atomic E-state index is -0.0695. The Hall–Kier alpha value is -1.88. The van der Waals surface area contributed by atoms with Gasteiger partial charge in [-0.1, -0.05) is 24.3 Å². The van der Waals surface area contributed by atoms with Gasteiger partial charge in [-0.2, -0.15) is 0 Å². The summed E-state index contributed by atoms with van der Waals surface area (Å²) in [6.07, 6.45) is 2.15. The first-order chi connectivity index (χ1) is 10.0. The molecule has 0 heterocycles. The summed E-state index contributed by atoms with van der Waals surface area (Å²) in [5.74, 6) is -0.0771. The smallest absolute Gasteiger partial charge is 0.234 e. The number of nitrogens with one attached hydrogen (secondary N) is 2. The fourth-order valence-corrected chi connectivity index (χ4v) is 2.11. The molecule has 2 N–H and O–H groups in total. The Kier molecular flexibility index (Phi) is 5.33. The predicted molar refractivity (Wildman–Crippen MR) is 81.7 cm³/mol. The molecule has 1 aliphatic rings. The summed E-state index contributed by atoms with van der Waals surface area (Å²) in [6.45, 7) is 3.03. The summed E-state index contributed by atoms with van der Waals surface area (Å²) < 4.78 is 0. The highest BCUT2D eigenvalue weighted by molar-refractivity contribution is 5.81. The van der Waals surface area contributed by atoms with Crippen molar-refractivity contribution < 1.29 is 9.59 Å². The van der Waals surface area contributed by atoms with Crippen LogP contribution in [0.3, 0.4) is 0 Å². The Morgan fingerprint density at radius 3 is 2.52 bits per heavy atom. The van der Waals surface area contributed by atoms with Gasteiger partial charge in [0, 0.05) is 12.6 Å². The molecule has 1 aliphatic carbocycles. The van der Waals surface area contributed by atoms with Crippen molar-refractivity contribution in [2.45, 2.75) is 32.4 Å². The Labute approximate surface area is 125 Å². The van der Waals surface area contributed by atoms with Crippen LogP contribution in [-0.2, 0) is 16.1 Å². The molecule has 5 heteroatoms. The average molecular weight is 289 g/mol. The van der Waals surface area contributed by atoms with E-state index in [9.17, 15) is 9.59 Å². The fraction of sp³-hybridized carbons (Fsp3) is 0.500. The Morgan fingerprint density at radius 2 is 1.86 bits per heavy atom. The van der Waals surface area contributed by atoms with Crippen LogP contribution in [0.5, 0.6) is 0 Å². The first kappa shape index (κ1) is 15.5. The lowest BCUT2D eigenvalue weighted by Crippen LogP contribution is -2.41. The number of carbonyl (C=O) groups is 2. The number of hydrogen-bond donors (Lipinski definition) is 2. The van der Waals surface area contributed by atoms with Gasteiger partial charge in [0.25, 0.3) is 0 Å². The van der Waals surface area contributed by atoms with Gasteiger partial charge in [0.15, 0.2) is 0 Å². The summed E-state index contributed by atoms with van der Waals surface area (Å²) >= 11 is 0. The van der Waals surface area contributed by atoms with E-state index in [2.05, 4.69) is 10.6 Å². The van der Waals surface area contributed by atoms with Crippen molar-refractivity contribution in [2.24, 2.45) is 0 Å². The van der Waals surface area contributed by atoms with Gasteiger partial charge in [0.1, 0.15) is 0 Å². The summed E-state index contributed by atoms with van der Waals surface area (Å²) in [5.41, 5.74) is 2.27. The number of likely N-dealkylation sites (N-methyl/N-ethyl adjacent to an activating group) is 1. The molecule has 2 rings (SSSR count). The highest BCUT2D eigenvalue weighted by Crippen LogP contribution is 2.18. The first-order valence-electron chi connectivity index (χ1n) is 7.33. The lowest BCUT2D eigenvalue weighted by Gasteiger charge is -2.16. The lowest BCUT2D eigenvalue weighted by molar-refractivity contribution is -0.124. The topological polar surface area (TPSA) is 61.4 Å². The molecule has 1 saturated carbocycles. The van der Waals surface area contributed by atoms with E-state index in [0.717, 1.165) is 24.0 Å². The third-order valence-corrected chi connectivity index (χ3v) is 3.51. The first-order valence-corrected chi connectivity index (χ1v) is 7.33. The SMILES string of the molecule is Cc1ccccc1CNC(=O)CN(C)CC(=O)NC1CC1. The van der Waals surface area contributed by atoms with Crippen LogP contribution < -0.4 is 10.6 Å². The van der Waals surface area contributed by atoms with Gasteiger partial charge < -0.3 is 10.6 Å². The molecule has 0 aromatic heterocycles. The zero-order chi connectivity index (χ0) is 15.2. The molecule has 114 valence electrons. The number of rotatable bonds is 7. The summed E-state index contributed by atoms with van der Waals surface area (Å²) in [5, 5.41) is 5.80. The van der Waals surface area contributed by atoms with Gasteiger partial charge in [-0.3, -0.25) is 14.5 Å². The molecule has 21 heavy (non-hydrogen) atoms. The monoisotopic (exact) mass is 289 g/mol. The highest BCUT2D eigenvalue weighted by Gasteiger charge is 2.23. The van der Waals surface area contributed by atoms with E-state index in [4.69, 9.17) is 0 Å². The molecule has 0 aliphatic heterocycles. The van der Waals surface area contributed by atoms with E-state index in [1.54, 1.807) is 11.9 Å². The second kappa shape index (κ2) is 7.22. The molecule has 2 amide bonds. The van der Waals surface area contributed by atoms with E-state index in [0.29, 0.717) is 12.6 Å². The number of hydrogen-bond acceptors (Lipinski definition) is 3. The zero-order valence-corrected chi connectivity index (χ0v) is 12.7. The molecular weight excluding hydrogens is 266 g/mol. The van der Waals surface area contributed by atoms with E-state index in [1.807, 2.05) is 31.2 Å². The van der Waals surface area contributed by atoms with Crippen LogP contribution in [0.4, 0.5) is 0 Å². The number of amides is 2. The molecule has 0 bridgehead atoms. The molecule has 1 aromatic carbocycles. The average Bonchev–Trinajstić information content (AvgIpc) is 3.21. The molecule has 0 spiro atoms. The lowest BCUT2D eigenvalue weighted by atomic mass is 10.1. The summed E-state index contributed by atoms with van der Waals surface area (Å²) in [7, 11) is 1.78. The standard InChI is InChI=1S/C16H23N3O2/c1-12-5-3-4-6-13(12)9-17-15(20)10-19(2)11-16(21)18-14-7-8-14/h3-6,14H,7-11H2,1-2H3,(H,17,20)(H,18,21). The molecule has 0 atom stereocenters. The molecule has 0 radical (unpaired) electrons. The maximum absolute atomic E-state index is 11.9. The third kappa shape index (κ3) is 5.55. The number of benzene rings is 1. The van der Waals surface area contributed by atoms with Crippen molar-refractivity contribution in [2.75, 3.05) is 20.1 Å². The van der Waals surface area contributed by atoms with Gasteiger partial charge in [-0.15, -0.1) is 0 Å². The Morgan fingerprint density at radius 1 is 1.19 bits per heavy atom. The van der Waals surface area contributed by atoms with Crippen molar-refractivity contribution in [1.29, 1.82) is 0 Å². The van der Waals surface area contributed by atoms with Gasteiger partial charge in [-0.05, 0) is 37.9 Å². The van der Waals surface area contributed by atoms with Crippen molar-refractivity contribution in [1.82, 2.24) is 15.5 Å². The quantitative estimate of drug-likeness (QED) is 0.781. The Balaban J connectivity index is 1.68. The number of aryl methyl sites for hydroxylation is 1. The molecular formula is C16H23N3O2. The number of nitrogens with zero attached hydrogens (tertiary/aromatic N) is 1. The molecule has 1 aromatic rings. The molecule has 0 saturated heterocycles. The maximum atomic E-state index is 11.9. The molecule has 0 unspecified atom stereocenters. The van der Waals surface area contributed by atoms with Gasteiger partial charge in [0.2, 0.25) is 11.8 Å². The largest absolute Gasteiger partial charge is 0.352 e. The van der Waals surface area contributed by atoms with Crippen LogP contribution in [0.2, 0.25) is 0 Å². The van der Waals surface area contributed by atoms with Crippen molar-refractivity contribution in [3.8, 4) is 0 Å². The predicted octanol–water partition coefficient (Wildman–Crippen LogP) is 0.822. The second-order valence-electron chi connectivity index (χ2n) is 5.72. The summed E-state index contributed by atoms with van der Waals surface area (Å²) in [4.78, 5) is 25.2. The van der Waals surface area contributed by atoms with Crippen LogP contribution in [0.25, 0.3) is 0 Å². The van der Waals surface area contributed by atoms with Crippen LogP contribution in [0, 0.1) is 6.92 Å². The molecule has 1 fully saturated rings.